The number of benzene rings is 4. The van der Waals surface area contributed by atoms with Gasteiger partial charge in [0.15, 0.2) is 0 Å². The van der Waals surface area contributed by atoms with Gasteiger partial charge in [0.05, 0.1) is 23.0 Å². The number of rotatable bonds is 10. The summed E-state index contributed by atoms with van der Waals surface area (Å²) in [7, 11) is 0. The van der Waals surface area contributed by atoms with Crippen LogP contribution in [0, 0.1) is 23.3 Å². The number of halogens is 5. The van der Waals surface area contributed by atoms with Crippen molar-refractivity contribution in [3.05, 3.63) is 147 Å². The van der Waals surface area contributed by atoms with Crippen molar-refractivity contribution in [2.75, 3.05) is 93.7 Å². The number of piperazine rings is 2. The Morgan fingerprint density at radius 2 is 1.03 bits per heavy atom. The van der Waals surface area contributed by atoms with Crippen LogP contribution in [0.25, 0.3) is 43.5 Å². The molecule has 0 saturated carbocycles. The van der Waals surface area contributed by atoms with Gasteiger partial charge < -0.3 is 39.9 Å². The van der Waals surface area contributed by atoms with Crippen LogP contribution in [0.5, 0.6) is 0 Å². The van der Waals surface area contributed by atoms with Crippen LogP contribution >= 0.6 is 11.6 Å². The number of fused-ring (bicyclic) bond motifs is 4. The lowest BCUT2D eigenvalue weighted by Gasteiger charge is -2.36. The molecule has 2 saturated heterocycles. The van der Waals surface area contributed by atoms with E-state index in [2.05, 4.69) is 49.3 Å². The van der Waals surface area contributed by atoms with E-state index < -0.39 is 35.4 Å². The monoisotopic (exact) mass is 970 g/mol. The first-order valence-corrected chi connectivity index (χ1v) is 22.4. The van der Waals surface area contributed by atoms with E-state index >= 15 is 0 Å². The lowest BCUT2D eigenvalue weighted by Crippen LogP contribution is -2.49. The highest BCUT2D eigenvalue weighted by Crippen LogP contribution is 2.28. The van der Waals surface area contributed by atoms with Crippen molar-refractivity contribution in [2.24, 2.45) is 5.73 Å². The number of nitrogens with zero attached hydrogens (tertiary/aromatic N) is 8. The zero-order chi connectivity index (χ0) is 48.6. The first kappa shape index (κ1) is 48.6. The van der Waals surface area contributed by atoms with Crippen LogP contribution in [-0.2, 0) is 0 Å². The van der Waals surface area contributed by atoms with Crippen molar-refractivity contribution in [3.63, 3.8) is 0 Å². The van der Waals surface area contributed by atoms with E-state index in [-0.39, 0.29) is 46.9 Å². The Kier molecular flexibility index (Phi) is 15.6. The molecule has 360 valence electrons. The third kappa shape index (κ3) is 12.3. The fourth-order valence-electron chi connectivity index (χ4n) is 8.18. The van der Waals surface area contributed by atoms with Gasteiger partial charge in [0.1, 0.15) is 57.0 Å². The first-order chi connectivity index (χ1) is 33.3. The van der Waals surface area contributed by atoms with Crippen LogP contribution in [-0.4, -0.2) is 131 Å². The lowest BCUT2D eigenvalue weighted by molar-refractivity contribution is 0.115. The van der Waals surface area contributed by atoms with E-state index in [0.717, 1.165) is 65.4 Å². The van der Waals surface area contributed by atoms with Crippen molar-refractivity contribution >= 4 is 72.5 Å². The number of aliphatic hydroxyl groups is 2. The van der Waals surface area contributed by atoms with Gasteiger partial charge in [-0.25, -0.2) is 37.1 Å². The average molecular weight is 971 g/mol. The topological polar surface area (TPSA) is 203 Å². The van der Waals surface area contributed by atoms with Gasteiger partial charge in [0.25, 0.3) is 0 Å². The molecule has 0 amide bonds. The maximum absolute atomic E-state index is 13.8. The summed E-state index contributed by atoms with van der Waals surface area (Å²) in [6.45, 7) is 7.49. The van der Waals surface area contributed by atoms with Gasteiger partial charge in [0, 0.05) is 102 Å². The molecule has 10 rings (SSSR count). The van der Waals surface area contributed by atoms with E-state index in [1.807, 2.05) is 12.1 Å². The Labute approximate surface area is 396 Å². The molecule has 2 atom stereocenters. The second kappa shape index (κ2) is 22.1. The smallest absolute Gasteiger partial charge is 0.408 e. The maximum Gasteiger partial charge on any atom is 0.441 e. The SMILES string of the molecule is NCC(O)CN1CCN(c2nccc3ccc(F)cc23)CC1.O=c1nc(Cl)c2cc(F)ccc2o1.O=c1nc(NCC(O)CN2CCN(c3nccc4ccc(F)cc34)CC2)c2cc(F)ccc2o1. The summed E-state index contributed by atoms with van der Waals surface area (Å²) in [5.41, 5.74) is 5.90. The standard InChI is InChI=1S/C24H23F2N5O3.C16H21FN4O.C8H3ClFNO2/c25-16-2-1-15-5-6-27-23(19(15)11-16)31-9-7-30(8-10-31)14-18(32)13-28-22-20-12-17(26)3-4-21(20)34-24(33)29-22;17-13-2-1-12-3-4-19-16(15(12)9-13)21-7-5-20(6-8-21)11-14(22)10-18;9-7-5-3-4(10)1-2-6(5)13-8(12)11-7/h1-6,11-12,18,32H,7-10,13-14H2,(H,28,29,33);1-4,9,14,22H,5-8,10-11,18H2;1-3H. The molecule has 0 aliphatic carbocycles. The Morgan fingerprint density at radius 3 is 1.54 bits per heavy atom. The number of hydrogen-bond donors (Lipinski definition) is 4. The molecule has 8 aromatic rings. The first-order valence-electron chi connectivity index (χ1n) is 22.0. The molecule has 5 N–H and O–H groups in total. The van der Waals surface area contributed by atoms with Gasteiger partial charge in [-0.3, -0.25) is 9.80 Å². The summed E-state index contributed by atoms with van der Waals surface area (Å²) in [5, 5.41) is 27.2. The number of aliphatic hydroxyl groups excluding tert-OH is 2. The molecular formula is C48H47ClF4N10O6. The zero-order valence-electron chi connectivity index (χ0n) is 36.9. The van der Waals surface area contributed by atoms with Crippen molar-refractivity contribution in [1.82, 2.24) is 29.7 Å². The number of nitrogens with one attached hydrogen (secondary N) is 1. The van der Waals surface area contributed by atoms with E-state index in [9.17, 15) is 37.4 Å². The van der Waals surface area contributed by atoms with E-state index in [1.54, 1.807) is 30.6 Å². The van der Waals surface area contributed by atoms with E-state index in [0.29, 0.717) is 50.0 Å². The summed E-state index contributed by atoms with van der Waals surface area (Å²) in [4.78, 5) is 47.0. The van der Waals surface area contributed by atoms with Crippen molar-refractivity contribution < 1.29 is 36.6 Å². The molecule has 2 fully saturated rings. The maximum atomic E-state index is 13.8. The van der Waals surface area contributed by atoms with E-state index in [1.165, 1.54) is 48.5 Å². The molecule has 16 nitrogen and oxygen atoms in total. The van der Waals surface area contributed by atoms with Gasteiger partial charge in [0.2, 0.25) is 0 Å². The van der Waals surface area contributed by atoms with Gasteiger partial charge in [-0.2, -0.15) is 9.97 Å². The Bertz CT molecular complexity index is 3190. The van der Waals surface area contributed by atoms with Crippen LogP contribution in [0.2, 0.25) is 5.15 Å². The molecule has 0 radical (unpaired) electrons. The Hall–Kier alpha value is -6.81. The minimum atomic E-state index is -0.797. The minimum absolute atomic E-state index is 0.0502. The van der Waals surface area contributed by atoms with Crippen LogP contribution in [0.15, 0.2) is 116 Å². The molecule has 69 heavy (non-hydrogen) atoms. The Morgan fingerprint density at radius 1 is 0.594 bits per heavy atom. The van der Waals surface area contributed by atoms with Crippen LogP contribution in [0.3, 0.4) is 0 Å². The summed E-state index contributed by atoms with van der Waals surface area (Å²) in [6, 6.07) is 20.7. The van der Waals surface area contributed by atoms with Crippen LogP contribution in [0.1, 0.15) is 0 Å². The van der Waals surface area contributed by atoms with Gasteiger partial charge in [-0.05, 0) is 83.6 Å². The molecular weight excluding hydrogens is 924 g/mol. The van der Waals surface area contributed by atoms with Gasteiger partial charge in [-0.15, -0.1) is 0 Å². The average Bonchev–Trinajstić information content (AvgIpc) is 3.34. The highest BCUT2D eigenvalue weighted by Gasteiger charge is 2.23. The molecule has 0 bridgehead atoms. The molecule has 6 heterocycles. The molecule has 2 unspecified atom stereocenters. The molecule has 4 aromatic heterocycles. The summed E-state index contributed by atoms with van der Waals surface area (Å²) in [6.07, 6.45) is 2.27. The fraction of sp³-hybridized carbons (Fsp3) is 0.292. The number of pyridine rings is 2. The number of hydrogen-bond acceptors (Lipinski definition) is 16. The highest BCUT2D eigenvalue weighted by molar-refractivity contribution is 6.33. The van der Waals surface area contributed by atoms with Crippen molar-refractivity contribution in [2.45, 2.75) is 12.2 Å². The third-order valence-corrected chi connectivity index (χ3v) is 11.9. The summed E-state index contributed by atoms with van der Waals surface area (Å²) in [5.74, 6) is -1.30. The number of β-amino-alcohol motifs (C(OH)–C–C–N with tert-alkyl or cyclic N) is 2. The largest absolute Gasteiger partial charge is 0.441 e. The summed E-state index contributed by atoms with van der Waals surface area (Å²) < 4.78 is 63.3. The van der Waals surface area contributed by atoms with Gasteiger partial charge >= 0.3 is 11.5 Å². The predicted octanol–water partition coefficient (Wildman–Crippen LogP) is 5.41. The lowest BCUT2D eigenvalue weighted by atomic mass is 10.1. The number of anilines is 3. The number of aromatic nitrogens is 4. The van der Waals surface area contributed by atoms with Crippen LogP contribution < -0.4 is 32.4 Å². The second-order valence-corrected chi connectivity index (χ2v) is 16.7. The summed E-state index contributed by atoms with van der Waals surface area (Å²) >= 11 is 5.60. The second-order valence-electron chi connectivity index (χ2n) is 16.4. The normalized spacial score (nSPS) is 15.4. The molecule has 2 aliphatic rings. The predicted molar refractivity (Wildman–Crippen MR) is 256 cm³/mol. The highest BCUT2D eigenvalue weighted by atomic mass is 35.5. The fourth-order valence-corrected chi connectivity index (χ4v) is 8.39. The number of nitrogens with two attached hydrogens (primary N) is 1. The quantitative estimate of drug-likeness (QED) is 0.127. The minimum Gasteiger partial charge on any atom is -0.408 e. The Balaban J connectivity index is 0.000000156. The molecule has 21 heteroatoms. The molecule has 4 aromatic carbocycles. The molecule has 2 aliphatic heterocycles. The van der Waals surface area contributed by atoms with E-state index in [4.69, 9.17) is 21.8 Å². The van der Waals surface area contributed by atoms with Gasteiger partial charge in [-0.1, -0.05) is 23.7 Å². The zero-order valence-corrected chi connectivity index (χ0v) is 37.7. The van der Waals surface area contributed by atoms with Crippen molar-refractivity contribution in [1.29, 1.82) is 0 Å². The van der Waals surface area contributed by atoms with Crippen molar-refractivity contribution in [3.8, 4) is 0 Å². The van der Waals surface area contributed by atoms with Crippen LogP contribution in [0.4, 0.5) is 35.0 Å². The third-order valence-electron chi connectivity index (χ3n) is 11.6. The molecule has 0 spiro atoms.